The van der Waals surface area contributed by atoms with Gasteiger partial charge in [0.2, 0.25) is 0 Å². The Bertz CT molecular complexity index is 623. The highest BCUT2D eigenvalue weighted by molar-refractivity contribution is 6.32. The maximum absolute atomic E-state index is 6.49. The van der Waals surface area contributed by atoms with E-state index in [1.54, 1.807) is 0 Å². The lowest BCUT2D eigenvalue weighted by molar-refractivity contribution is 0.598. The molecule has 112 valence electrons. The van der Waals surface area contributed by atoms with E-state index in [-0.39, 0.29) is 6.04 Å². The van der Waals surface area contributed by atoms with Crippen molar-refractivity contribution in [2.45, 2.75) is 33.2 Å². The fraction of sp³-hybridized carbons (Fsp3) is 0.333. The maximum Gasteiger partial charge on any atom is 0.0606 e. The van der Waals surface area contributed by atoms with Crippen molar-refractivity contribution in [3.63, 3.8) is 0 Å². The molecule has 0 aliphatic carbocycles. The van der Waals surface area contributed by atoms with Gasteiger partial charge >= 0.3 is 0 Å². The largest absolute Gasteiger partial charge is 0.306 e. The van der Waals surface area contributed by atoms with Crippen LogP contribution in [0.4, 0.5) is 0 Å². The summed E-state index contributed by atoms with van der Waals surface area (Å²) in [4.78, 5) is 0. The van der Waals surface area contributed by atoms with E-state index >= 15 is 0 Å². The smallest absolute Gasteiger partial charge is 0.0606 e. The Labute approximate surface area is 137 Å². The molecule has 1 N–H and O–H groups in total. The van der Waals surface area contributed by atoms with Crippen molar-refractivity contribution in [2.75, 3.05) is 6.54 Å². The topological polar surface area (TPSA) is 12.0 Å². The number of aryl methyl sites for hydroxylation is 2. The molecule has 0 aliphatic heterocycles. The SMILES string of the molecule is CCCNC(c1ccccc1Cl)c1cc(C)c(C)cc1Cl. The van der Waals surface area contributed by atoms with Crippen LogP contribution < -0.4 is 5.32 Å². The Hall–Kier alpha value is -1.02. The average Bonchev–Trinajstić information content (AvgIpc) is 2.46. The second-order valence-electron chi connectivity index (χ2n) is 5.37. The standard InChI is InChI=1S/C18H21Cl2N/c1-4-9-21-18(14-7-5-6-8-16(14)19)15-10-12(2)13(3)11-17(15)20/h5-8,10-11,18,21H,4,9H2,1-3H3. The van der Waals surface area contributed by atoms with Crippen molar-refractivity contribution in [1.29, 1.82) is 0 Å². The van der Waals surface area contributed by atoms with E-state index in [2.05, 4.69) is 38.2 Å². The van der Waals surface area contributed by atoms with Gasteiger partial charge in [0.05, 0.1) is 6.04 Å². The molecule has 0 saturated heterocycles. The molecule has 0 radical (unpaired) electrons. The van der Waals surface area contributed by atoms with Gasteiger partial charge in [-0.05, 0) is 61.2 Å². The zero-order valence-corrected chi connectivity index (χ0v) is 14.2. The molecule has 0 bridgehead atoms. The second-order valence-corrected chi connectivity index (χ2v) is 6.18. The summed E-state index contributed by atoms with van der Waals surface area (Å²) >= 11 is 12.9. The minimum absolute atomic E-state index is 0.0189. The van der Waals surface area contributed by atoms with E-state index in [0.29, 0.717) is 0 Å². The van der Waals surface area contributed by atoms with Crippen LogP contribution in [0.25, 0.3) is 0 Å². The summed E-state index contributed by atoms with van der Waals surface area (Å²) < 4.78 is 0. The summed E-state index contributed by atoms with van der Waals surface area (Å²) in [5.41, 5.74) is 4.60. The molecule has 2 rings (SSSR count). The Morgan fingerprint density at radius 3 is 2.29 bits per heavy atom. The molecule has 0 saturated carbocycles. The van der Waals surface area contributed by atoms with Crippen molar-refractivity contribution < 1.29 is 0 Å². The molecular weight excluding hydrogens is 301 g/mol. The van der Waals surface area contributed by atoms with Gasteiger partial charge in [0.15, 0.2) is 0 Å². The minimum Gasteiger partial charge on any atom is -0.306 e. The van der Waals surface area contributed by atoms with Gasteiger partial charge in [0.1, 0.15) is 0 Å². The predicted molar refractivity (Wildman–Crippen MR) is 92.5 cm³/mol. The number of halogens is 2. The summed E-state index contributed by atoms with van der Waals surface area (Å²) in [6, 6.07) is 12.2. The van der Waals surface area contributed by atoms with Gasteiger partial charge in [-0.3, -0.25) is 0 Å². The first-order chi connectivity index (χ1) is 10.0. The third-order valence-corrected chi connectivity index (χ3v) is 4.41. The Morgan fingerprint density at radius 1 is 0.952 bits per heavy atom. The molecule has 0 amide bonds. The van der Waals surface area contributed by atoms with Crippen molar-refractivity contribution in [3.8, 4) is 0 Å². The van der Waals surface area contributed by atoms with E-state index in [1.807, 2.05) is 24.3 Å². The van der Waals surface area contributed by atoms with Crippen molar-refractivity contribution in [1.82, 2.24) is 5.32 Å². The number of nitrogens with one attached hydrogen (secondary N) is 1. The third kappa shape index (κ3) is 3.79. The van der Waals surface area contributed by atoms with Crippen LogP contribution in [0.2, 0.25) is 10.0 Å². The van der Waals surface area contributed by atoms with Crippen LogP contribution in [0.5, 0.6) is 0 Å². The molecule has 0 aromatic heterocycles. The first kappa shape index (κ1) is 16.4. The summed E-state index contributed by atoms with van der Waals surface area (Å²) in [5.74, 6) is 0. The van der Waals surface area contributed by atoms with Crippen LogP contribution in [-0.4, -0.2) is 6.54 Å². The zero-order valence-electron chi connectivity index (χ0n) is 12.7. The second kappa shape index (κ2) is 7.31. The molecule has 2 aromatic carbocycles. The molecule has 1 atom stereocenters. The van der Waals surface area contributed by atoms with Gasteiger partial charge in [0.25, 0.3) is 0 Å². The summed E-state index contributed by atoms with van der Waals surface area (Å²) in [5, 5.41) is 5.11. The third-order valence-electron chi connectivity index (χ3n) is 3.74. The fourth-order valence-electron chi connectivity index (χ4n) is 2.41. The number of benzene rings is 2. The quantitative estimate of drug-likeness (QED) is 0.744. The Balaban J connectivity index is 2.51. The first-order valence-electron chi connectivity index (χ1n) is 7.29. The summed E-state index contributed by atoms with van der Waals surface area (Å²) in [7, 11) is 0. The van der Waals surface area contributed by atoms with Crippen molar-refractivity contribution >= 4 is 23.2 Å². The molecule has 0 fully saturated rings. The minimum atomic E-state index is 0.0189. The highest BCUT2D eigenvalue weighted by Crippen LogP contribution is 2.33. The molecule has 0 aliphatic rings. The van der Waals surface area contributed by atoms with Crippen molar-refractivity contribution in [2.24, 2.45) is 0 Å². The average molecular weight is 322 g/mol. The molecule has 1 unspecified atom stereocenters. The molecule has 0 heterocycles. The number of hydrogen-bond donors (Lipinski definition) is 1. The maximum atomic E-state index is 6.49. The normalized spacial score (nSPS) is 12.4. The van der Waals surface area contributed by atoms with Gasteiger partial charge in [-0.15, -0.1) is 0 Å². The van der Waals surface area contributed by atoms with E-state index in [0.717, 1.165) is 34.1 Å². The Morgan fingerprint density at radius 2 is 1.62 bits per heavy atom. The zero-order chi connectivity index (χ0) is 15.4. The highest BCUT2D eigenvalue weighted by Gasteiger charge is 2.19. The predicted octanol–water partition coefficient (Wildman–Crippen LogP) is 5.70. The van der Waals surface area contributed by atoms with Gasteiger partial charge in [-0.1, -0.05) is 54.4 Å². The molecule has 21 heavy (non-hydrogen) atoms. The number of rotatable bonds is 5. The van der Waals surface area contributed by atoms with Crippen LogP contribution in [0.3, 0.4) is 0 Å². The van der Waals surface area contributed by atoms with Gasteiger partial charge in [-0.2, -0.15) is 0 Å². The molecule has 0 spiro atoms. The first-order valence-corrected chi connectivity index (χ1v) is 8.04. The molecule has 1 nitrogen and oxygen atoms in total. The highest BCUT2D eigenvalue weighted by atomic mass is 35.5. The van der Waals surface area contributed by atoms with Crippen LogP contribution >= 0.6 is 23.2 Å². The van der Waals surface area contributed by atoms with E-state index in [1.165, 1.54) is 11.1 Å². The summed E-state index contributed by atoms with van der Waals surface area (Å²) in [6.45, 7) is 7.26. The van der Waals surface area contributed by atoms with Crippen LogP contribution in [0, 0.1) is 13.8 Å². The summed E-state index contributed by atoms with van der Waals surface area (Å²) in [6.07, 6.45) is 1.06. The lowest BCUT2D eigenvalue weighted by Gasteiger charge is -2.23. The molecule has 3 heteroatoms. The fourth-order valence-corrected chi connectivity index (χ4v) is 2.98. The van der Waals surface area contributed by atoms with E-state index in [4.69, 9.17) is 23.2 Å². The van der Waals surface area contributed by atoms with E-state index in [9.17, 15) is 0 Å². The van der Waals surface area contributed by atoms with Crippen LogP contribution in [0.15, 0.2) is 36.4 Å². The molecular formula is C18H21Cl2N. The monoisotopic (exact) mass is 321 g/mol. The van der Waals surface area contributed by atoms with Gasteiger partial charge < -0.3 is 5.32 Å². The van der Waals surface area contributed by atoms with Crippen molar-refractivity contribution in [3.05, 3.63) is 68.7 Å². The lowest BCUT2D eigenvalue weighted by Crippen LogP contribution is -2.24. The van der Waals surface area contributed by atoms with E-state index < -0.39 is 0 Å². The lowest BCUT2D eigenvalue weighted by atomic mass is 9.95. The molecule has 2 aromatic rings. The van der Waals surface area contributed by atoms with Crippen LogP contribution in [0.1, 0.15) is 41.6 Å². The van der Waals surface area contributed by atoms with Crippen LogP contribution in [-0.2, 0) is 0 Å². The van der Waals surface area contributed by atoms with Gasteiger partial charge in [0, 0.05) is 10.0 Å². The van der Waals surface area contributed by atoms with Gasteiger partial charge in [-0.25, -0.2) is 0 Å². The number of hydrogen-bond acceptors (Lipinski definition) is 1. The Kier molecular flexibility index (Phi) is 5.69.